The summed E-state index contributed by atoms with van der Waals surface area (Å²) in [5.41, 5.74) is 7.58. The number of hydrogen-bond acceptors (Lipinski definition) is 7. The molecule has 0 amide bonds. The minimum atomic E-state index is -0.339. The van der Waals surface area contributed by atoms with E-state index in [4.69, 9.17) is 32.0 Å². The number of benzene rings is 2. The predicted molar refractivity (Wildman–Crippen MR) is 125 cm³/mol. The Morgan fingerprint density at radius 1 is 1.21 bits per heavy atom. The Hall–Kier alpha value is -4.37. The molecule has 0 unspecified atom stereocenters. The molecule has 2 aromatic heterocycles. The molecule has 0 atom stereocenters. The fraction of sp³-hybridized carbons (Fsp3) is 0.0435. The van der Waals surface area contributed by atoms with Crippen LogP contribution < -0.4 is 21.6 Å². The molecule has 4 N–H and O–H groups in total. The molecule has 0 saturated heterocycles. The first-order valence-electron chi connectivity index (χ1n) is 9.80. The van der Waals surface area contributed by atoms with Gasteiger partial charge in [0.05, 0.1) is 17.8 Å². The van der Waals surface area contributed by atoms with Gasteiger partial charge in [-0.25, -0.2) is 4.99 Å². The Morgan fingerprint density at radius 3 is 2.61 bits per heavy atom. The van der Waals surface area contributed by atoms with E-state index in [0.717, 1.165) is 11.8 Å². The van der Waals surface area contributed by atoms with Gasteiger partial charge >= 0.3 is 0 Å². The second kappa shape index (κ2) is 9.84. The molecule has 4 rings (SSSR count). The summed E-state index contributed by atoms with van der Waals surface area (Å²) in [5, 5.41) is 11.8. The van der Waals surface area contributed by atoms with Crippen LogP contribution in [0, 0.1) is 5.41 Å². The lowest BCUT2D eigenvalue weighted by Gasteiger charge is -2.10. The van der Waals surface area contributed by atoms with E-state index in [0.29, 0.717) is 33.5 Å². The molecule has 0 saturated carbocycles. The number of nitrogens with two attached hydrogens (primary N) is 1. The summed E-state index contributed by atoms with van der Waals surface area (Å²) >= 11 is 5.99. The first-order chi connectivity index (χ1) is 16.1. The lowest BCUT2D eigenvalue weighted by Crippen LogP contribution is -2.37. The highest BCUT2D eigenvalue weighted by molar-refractivity contribution is 6.30. The average Bonchev–Trinajstić information content (AvgIpc) is 3.34. The number of aromatic nitrogens is 3. The SMILES string of the molecule is N=C/C(=C\N)c1c[nH]/c(=N\c2ccc(Oc3ccon3)cc2)n(Cc2ccc(Cl)cc2)c1=O. The largest absolute Gasteiger partial charge is 0.436 e. The molecule has 9 nitrogen and oxygen atoms in total. The van der Waals surface area contributed by atoms with Crippen LogP contribution in [-0.2, 0) is 6.54 Å². The highest BCUT2D eigenvalue weighted by Gasteiger charge is 2.10. The maximum Gasteiger partial charge on any atom is 0.263 e. The zero-order valence-electron chi connectivity index (χ0n) is 17.2. The van der Waals surface area contributed by atoms with Gasteiger partial charge in [-0.15, -0.1) is 0 Å². The molecule has 2 heterocycles. The molecule has 2 aromatic carbocycles. The quantitative estimate of drug-likeness (QED) is 0.358. The van der Waals surface area contributed by atoms with Gasteiger partial charge in [0.25, 0.3) is 11.4 Å². The van der Waals surface area contributed by atoms with Crippen molar-refractivity contribution in [2.75, 3.05) is 0 Å². The van der Waals surface area contributed by atoms with Crippen molar-refractivity contribution in [2.24, 2.45) is 10.7 Å². The Kier molecular flexibility index (Phi) is 6.51. The van der Waals surface area contributed by atoms with Gasteiger partial charge in [-0.2, -0.15) is 0 Å². The third-order valence-corrected chi connectivity index (χ3v) is 4.94. The summed E-state index contributed by atoms with van der Waals surface area (Å²) in [7, 11) is 0. The third kappa shape index (κ3) is 5.10. The van der Waals surface area contributed by atoms with Gasteiger partial charge in [0.2, 0.25) is 5.62 Å². The average molecular weight is 463 g/mol. The van der Waals surface area contributed by atoms with Crippen LogP contribution in [0.25, 0.3) is 5.57 Å². The molecule has 33 heavy (non-hydrogen) atoms. The van der Waals surface area contributed by atoms with Gasteiger partial charge < -0.3 is 25.4 Å². The minimum absolute atomic E-state index is 0.238. The highest BCUT2D eigenvalue weighted by atomic mass is 35.5. The van der Waals surface area contributed by atoms with Crippen molar-refractivity contribution in [1.82, 2.24) is 14.7 Å². The molecule has 4 aromatic rings. The lowest BCUT2D eigenvalue weighted by atomic mass is 10.1. The van der Waals surface area contributed by atoms with Crippen LogP contribution in [0.1, 0.15) is 11.1 Å². The summed E-state index contributed by atoms with van der Waals surface area (Å²) in [6.45, 7) is 0.238. The summed E-state index contributed by atoms with van der Waals surface area (Å²) in [6, 6.07) is 15.7. The van der Waals surface area contributed by atoms with Crippen LogP contribution in [0.15, 0.2) is 87.6 Å². The van der Waals surface area contributed by atoms with E-state index in [1.165, 1.54) is 23.2 Å². The van der Waals surface area contributed by atoms with Gasteiger partial charge in [0.15, 0.2) is 0 Å². The van der Waals surface area contributed by atoms with Crippen LogP contribution in [0.2, 0.25) is 5.02 Å². The summed E-state index contributed by atoms with van der Waals surface area (Å²) in [5.74, 6) is 0.903. The monoisotopic (exact) mass is 462 g/mol. The van der Waals surface area contributed by atoms with Crippen LogP contribution >= 0.6 is 11.6 Å². The van der Waals surface area contributed by atoms with E-state index in [9.17, 15) is 4.79 Å². The number of ether oxygens (including phenoxy) is 1. The summed E-state index contributed by atoms with van der Waals surface area (Å²) in [4.78, 5) is 20.9. The standard InChI is InChI=1S/C23H19ClN6O3/c24-17-3-1-15(2-4-17)14-30-22(31)20(16(11-25)12-26)13-27-23(30)28-18-5-7-19(8-6-18)33-21-9-10-32-29-21/h1-13,25H,14,26H2,(H,27,28)/b16-12+,25-11?. The lowest BCUT2D eigenvalue weighted by molar-refractivity contribution is 0.367. The zero-order chi connectivity index (χ0) is 23.2. The second-order valence-electron chi connectivity index (χ2n) is 6.86. The first kappa shape index (κ1) is 21.8. The molecule has 0 radical (unpaired) electrons. The number of rotatable bonds is 7. The first-order valence-corrected chi connectivity index (χ1v) is 10.2. The normalized spacial score (nSPS) is 12.0. The Labute approximate surface area is 192 Å². The van der Waals surface area contributed by atoms with Crippen molar-refractivity contribution in [2.45, 2.75) is 6.54 Å². The molecule has 0 spiro atoms. The van der Waals surface area contributed by atoms with Crippen LogP contribution in [0.5, 0.6) is 11.6 Å². The molecule has 0 fully saturated rings. The van der Waals surface area contributed by atoms with Gasteiger partial charge in [0.1, 0.15) is 12.0 Å². The molecule has 166 valence electrons. The fourth-order valence-electron chi connectivity index (χ4n) is 3.04. The van der Waals surface area contributed by atoms with Crippen LogP contribution in [0.4, 0.5) is 5.69 Å². The number of halogens is 1. The predicted octanol–water partition coefficient (Wildman–Crippen LogP) is 3.84. The van der Waals surface area contributed by atoms with Crippen molar-refractivity contribution < 1.29 is 9.26 Å². The molecule has 0 bridgehead atoms. The Balaban J connectivity index is 1.75. The van der Waals surface area contributed by atoms with Crippen molar-refractivity contribution in [1.29, 1.82) is 5.41 Å². The van der Waals surface area contributed by atoms with Gasteiger partial charge in [-0.3, -0.25) is 9.36 Å². The summed E-state index contributed by atoms with van der Waals surface area (Å²) < 4.78 is 11.8. The number of aromatic amines is 1. The zero-order valence-corrected chi connectivity index (χ0v) is 18.0. The maximum atomic E-state index is 13.3. The van der Waals surface area contributed by atoms with Crippen molar-refractivity contribution >= 4 is 29.1 Å². The molecular weight excluding hydrogens is 444 g/mol. The van der Waals surface area contributed by atoms with Crippen molar-refractivity contribution in [3.8, 4) is 11.6 Å². The minimum Gasteiger partial charge on any atom is -0.436 e. The second-order valence-corrected chi connectivity index (χ2v) is 7.29. The van der Waals surface area contributed by atoms with E-state index in [1.54, 1.807) is 42.5 Å². The number of H-pyrrole nitrogens is 1. The van der Waals surface area contributed by atoms with E-state index in [-0.39, 0.29) is 17.7 Å². The van der Waals surface area contributed by atoms with Gasteiger partial charge in [-0.05, 0) is 47.1 Å². The number of nitrogens with one attached hydrogen (secondary N) is 2. The molecule has 0 aliphatic heterocycles. The van der Waals surface area contributed by atoms with Crippen molar-refractivity contribution in [3.63, 3.8) is 0 Å². The molecule has 10 heteroatoms. The number of hydrogen-bond donors (Lipinski definition) is 3. The maximum absolute atomic E-state index is 13.3. The van der Waals surface area contributed by atoms with E-state index < -0.39 is 0 Å². The number of nitrogens with zero attached hydrogens (tertiary/aromatic N) is 3. The van der Waals surface area contributed by atoms with E-state index in [2.05, 4.69) is 15.1 Å². The van der Waals surface area contributed by atoms with Crippen LogP contribution in [-0.4, -0.2) is 20.9 Å². The van der Waals surface area contributed by atoms with Gasteiger partial charge in [0, 0.05) is 35.3 Å². The Bertz CT molecular complexity index is 1400. The highest BCUT2D eigenvalue weighted by Crippen LogP contribution is 2.22. The Morgan fingerprint density at radius 2 is 1.97 bits per heavy atom. The molecular formula is C23H19ClN6O3. The van der Waals surface area contributed by atoms with E-state index in [1.807, 2.05) is 12.1 Å². The smallest absolute Gasteiger partial charge is 0.263 e. The summed E-state index contributed by atoms with van der Waals surface area (Å²) in [6.07, 6.45) is 5.16. The molecule has 0 aliphatic rings. The third-order valence-electron chi connectivity index (χ3n) is 4.69. The number of allylic oxidation sites excluding steroid dienone is 1. The van der Waals surface area contributed by atoms with Gasteiger partial charge in [-0.1, -0.05) is 23.7 Å². The van der Waals surface area contributed by atoms with E-state index >= 15 is 0 Å². The van der Waals surface area contributed by atoms with Crippen LogP contribution in [0.3, 0.4) is 0 Å². The topological polar surface area (TPSA) is 135 Å². The molecule has 0 aliphatic carbocycles. The van der Waals surface area contributed by atoms with Crippen molar-refractivity contribution in [3.05, 3.63) is 105 Å². The fourth-order valence-corrected chi connectivity index (χ4v) is 3.16.